The van der Waals surface area contributed by atoms with E-state index in [1.807, 2.05) is 11.8 Å². The van der Waals surface area contributed by atoms with Gasteiger partial charge in [-0.05, 0) is 32.6 Å². The molecule has 0 radical (unpaired) electrons. The molecule has 0 aromatic rings. The Hall–Kier alpha value is -0.810. The highest BCUT2D eigenvalue weighted by Crippen LogP contribution is 2.10. The van der Waals surface area contributed by atoms with Gasteiger partial charge in [-0.2, -0.15) is 0 Å². The summed E-state index contributed by atoms with van der Waals surface area (Å²) in [5, 5.41) is 2.65. The van der Waals surface area contributed by atoms with Gasteiger partial charge in [0.1, 0.15) is 0 Å². The summed E-state index contributed by atoms with van der Waals surface area (Å²) in [5.74, 6) is -0.245. The fourth-order valence-corrected chi connectivity index (χ4v) is 2.25. The molecule has 0 saturated carbocycles. The van der Waals surface area contributed by atoms with E-state index in [1.54, 1.807) is 6.92 Å². The van der Waals surface area contributed by atoms with Gasteiger partial charge in [0, 0.05) is 13.1 Å². The molecular weight excluding hydrogens is 266 g/mol. The molecule has 0 bridgehead atoms. The Bertz CT molecular complexity index is 302. The van der Waals surface area contributed by atoms with Gasteiger partial charge in [0.2, 0.25) is 11.8 Å². The molecule has 1 fully saturated rings. The van der Waals surface area contributed by atoms with Crippen molar-refractivity contribution >= 4 is 24.2 Å². The molecule has 5 nitrogen and oxygen atoms in total. The quantitative estimate of drug-likeness (QED) is 0.795. The Labute approximate surface area is 121 Å². The number of rotatable bonds is 5. The molecule has 0 aromatic heterocycles. The highest BCUT2D eigenvalue weighted by atomic mass is 35.5. The highest BCUT2D eigenvalue weighted by molar-refractivity contribution is 5.89. The van der Waals surface area contributed by atoms with Gasteiger partial charge in [-0.15, -0.1) is 12.4 Å². The molecule has 1 unspecified atom stereocenters. The second-order valence-corrected chi connectivity index (χ2v) is 5.29. The lowest BCUT2D eigenvalue weighted by Crippen LogP contribution is -2.53. The summed E-state index contributed by atoms with van der Waals surface area (Å²) in [7, 11) is 0. The molecule has 1 saturated heterocycles. The Morgan fingerprint density at radius 3 is 2.37 bits per heavy atom. The predicted molar refractivity (Wildman–Crippen MR) is 78.2 cm³/mol. The van der Waals surface area contributed by atoms with Gasteiger partial charge in [0.25, 0.3) is 0 Å². The van der Waals surface area contributed by atoms with E-state index in [1.165, 1.54) is 6.42 Å². The number of hydrogen-bond acceptors (Lipinski definition) is 3. The molecule has 3 N–H and O–H groups in total. The first kappa shape index (κ1) is 18.2. The molecule has 1 aliphatic rings. The van der Waals surface area contributed by atoms with Crippen molar-refractivity contribution < 1.29 is 9.59 Å². The van der Waals surface area contributed by atoms with Crippen LogP contribution in [0.3, 0.4) is 0 Å². The molecule has 1 aliphatic heterocycles. The zero-order chi connectivity index (χ0) is 13.6. The van der Waals surface area contributed by atoms with Crippen LogP contribution in [0.5, 0.6) is 0 Å². The van der Waals surface area contributed by atoms with Gasteiger partial charge in [-0.3, -0.25) is 9.59 Å². The first-order valence-corrected chi connectivity index (χ1v) is 6.82. The first-order valence-electron chi connectivity index (χ1n) is 6.82. The molecular formula is C13H26ClN3O2. The van der Waals surface area contributed by atoms with E-state index in [0.717, 1.165) is 32.4 Å². The zero-order valence-corrected chi connectivity index (χ0v) is 12.7. The summed E-state index contributed by atoms with van der Waals surface area (Å²) in [4.78, 5) is 25.5. The topological polar surface area (TPSA) is 75.4 Å². The van der Waals surface area contributed by atoms with Gasteiger partial charge in [0.15, 0.2) is 0 Å². The largest absolute Gasteiger partial charge is 0.345 e. The number of piperidine rings is 1. The van der Waals surface area contributed by atoms with Gasteiger partial charge >= 0.3 is 0 Å². The number of likely N-dealkylation sites (tertiary alicyclic amines) is 1. The van der Waals surface area contributed by atoms with E-state index < -0.39 is 5.54 Å². The third kappa shape index (κ3) is 5.78. The second kappa shape index (κ2) is 8.38. The SMILES string of the molecule is CCCC(C)(N)C(=O)NCC(=O)N1CCCCC1.Cl. The number of nitrogens with one attached hydrogen (secondary N) is 1. The van der Waals surface area contributed by atoms with Gasteiger partial charge in [-0.25, -0.2) is 0 Å². The molecule has 112 valence electrons. The van der Waals surface area contributed by atoms with Crippen molar-refractivity contribution in [2.45, 2.75) is 51.5 Å². The molecule has 6 heteroatoms. The van der Waals surface area contributed by atoms with Gasteiger partial charge < -0.3 is 16.0 Å². The molecule has 1 heterocycles. The third-order valence-corrected chi connectivity index (χ3v) is 3.40. The number of halogens is 1. The predicted octanol–water partition coefficient (Wildman–Crippen LogP) is 1.05. The van der Waals surface area contributed by atoms with Crippen molar-refractivity contribution in [3.63, 3.8) is 0 Å². The summed E-state index contributed by atoms with van der Waals surface area (Å²) >= 11 is 0. The van der Waals surface area contributed by atoms with E-state index in [4.69, 9.17) is 5.73 Å². The Morgan fingerprint density at radius 1 is 1.26 bits per heavy atom. The van der Waals surface area contributed by atoms with Crippen LogP contribution in [0.25, 0.3) is 0 Å². The van der Waals surface area contributed by atoms with E-state index in [2.05, 4.69) is 5.32 Å². The van der Waals surface area contributed by atoms with Gasteiger partial charge in [0.05, 0.1) is 12.1 Å². The smallest absolute Gasteiger partial charge is 0.241 e. The van der Waals surface area contributed by atoms with E-state index in [9.17, 15) is 9.59 Å². The first-order chi connectivity index (χ1) is 8.47. The summed E-state index contributed by atoms with van der Waals surface area (Å²) in [6.07, 6.45) is 4.78. The molecule has 1 atom stereocenters. The minimum atomic E-state index is -0.878. The van der Waals surface area contributed by atoms with Gasteiger partial charge in [-0.1, -0.05) is 13.3 Å². The molecule has 19 heavy (non-hydrogen) atoms. The number of hydrogen-bond donors (Lipinski definition) is 2. The van der Waals surface area contributed by atoms with Crippen molar-refractivity contribution in [3.05, 3.63) is 0 Å². The Balaban J connectivity index is 0.00000324. The molecule has 1 rings (SSSR count). The number of nitrogens with zero attached hydrogens (tertiary/aromatic N) is 1. The number of carbonyl (C=O) groups is 2. The van der Waals surface area contributed by atoms with Crippen LogP contribution in [0.4, 0.5) is 0 Å². The Kier molecular flexibility index (Phi) is 8.02. The maximum absolute atomic E-state index is 11.9. The minimum Gasteiger partial charge on any atom is -0.345 e. The monoisotopic (exact) mass is 291 g/mol. The van der Waals surface area contributed by atoms with Crippen LogP contribution in [-0.2, 0) is 9.59 Å². The summed E-state index contributed by atoms with van der Waals surface area (Å²) in [6.45, 7) is 5.37. The lowest BCUT2D eigenvalue weighted by molar-refractivity contribution is -0.134. The van der Waals surface area contributed by atoms with Crippen LogP contribution in [0.15, 0.2) is 0 Å². The average molecular weight is 292 g/mol. The lowest BCUT2D eigenvalue weighted by Gasteiger charge is -2.28. The average Bonchev–Trinajstić information content (AvgIpc) is 2.36. The number of amides is 2. The van der Waals surface area contributed by atoms with Crippen LogP contribution in [0.2, 0.25) is 0 Å². The van der Waals surface area contributed by atoms with Crippen molar-refractivity contribution in [1.82, 2.24) is 10.2 Å². The highest BCUT2D eigenvalue weighted by Gasteiger charge is 2.27. The maximum atomic E-state index is 11.9. The molecule has 2 amide bonds. The number of nitrogens with two attached hydrogens (primary N) is 1. The lowest BCUT2D eigenvalue weighted by atomic mass is 9.96. The fraction of sp³-hybridized carbons (Fsp3) is 0.846. The summed E-state index contributed by atoms with van der Waals surface area (Å²) in [6, 6.07) is 0. The normalized spacial score (nSPS) is 18.2. The molecule has 0 aliphatic carbocycles. The molecule has 0 aromatic carbocycles. The maximum Gasteiger partial charge on any atom is 0.241 e. The second-order valence-electron chi connectivity index (χ2n) is 5.29. The van der Waals surface area contributed by atoms with Crippen molar-refractivity contribution in [2.75, 3.05) is 19.6 Å². The van der Waals surface area contributed by atoms with Crippen LogP contribution < -0.4 is 11.1 Å². The molecule has 0 spiro atoms. The summed E-state index contributed by atoms with van der Waals surface area (Å²) in [5.41, 5.74) is 5.02. The third-order valence-electron chi connectivity index (χ3n) is 3.40. The van der Waals surface area contributed by atoms with E-state index >= 15 is 0 Å². The van der Waals surface area contributed by atoms with Crippen molar-refractivity contribution in [3.8, 4) is 0 Å². The van der Waals surface area contributed by atoms with Crippen molar-refractivity contribution in [2.24, 2.45) is 5.73 Å². The van der Waals surface area contributed by atoms with E-state index in [-0.39, 0.29) is 30.8 Å². The van der Waals surface area contributed by atoms with Crippen LogP contribution in [0.1, 0.15) is 46.0 Å². The van der Waals surface area contributed by atoms with Crippen LogP contribution in [0, 0.1) is 0 Å². The Morgan fingerprint density at radius 2 is 1.84 bits per heavy atom. The van der Waals surface area contributed by atoms with Crippen molar-refractivity contribution in [1.29, 1.82) is 0 Å². The number of carbonyl (C=O) groups excluding carboxylic acids is 2. The standard InChI is InChI=1S/C13H25N3O2.ClH/c1-3-7-13(2,14)12(18)15-10-11(17)16-8-5-4-6-9-16;/h3-10,14H2,1-2H3,(H,15,18);1H. The zero-order valence-electron chi connectivity index (χ0n) is 11.9. The van der Waals surface area contributed by atoms with Crippen LogP contribution in [-0.4, -0.2) is 41.9 Å². The minimum absolute atomic E-state index is 0. The fourth-order valence-electron chi connectivity index (χ4n) is 2.25. The summed E-state index contributed by atoms with van der Waals surface area (Å²) < 4.78 is 0. The van der Waals surface area contributed by atoms with Crippen LogP contribution >= 0.6 is 12.4 Å². The van der Waals surface area contributed by atoms with E-state index in [0.29, 0.717) is 6.42 Å².